The third-order valence-corrected chi connectivity index (χ3v) is 4.04. The quantitative estimate of drug-likeness (QED) is 0.261. The van der Waals surface area contributed by atoms with E-state index in [9.17, 15) is 0 Å². The van der Waals surface area contributed by atoms with E-state index in [1.807, 2.05) is 0 Å². The highest BCUT2D eigenvalue weighted by atomic mass is 15.2. The van der Waals surface area contributed by atoms with Crippen molar-refractivity contribution in [3.05, 3.63) is 11.6 Å². The molecule has 0 radical (unpaired) electrons. The molecule has 0 saturated carbocycles. The topological polar surface area (TPSA) is 38.0 Å². The summed E-state index contributed by atoms with van der Waals surface area (Å²) in [5.41, 5.74) is 4.65. The summed E-state index contributed by atoms with van der Waals surface area (Å²) in [7, 11) is 0. The van der Waals surface area contributed by atoms with Crippen LogP contribution in [0, 0.1) is 0 Å². The van der Waals surface area contributed by atoms with Gasteiger partial charge in [0.1, 0.15) is 0 Å². The van der Waals surface area contributed by atoms with Crippen LogP contribution in [0.5, 0.6) is 0 Å². The molecule has 2 nitrogen and oxygen atoms in total. The number of nitrogens with two attached hydrogens (primary N) is 1. The summed E-state index contributed by atoms with van der Waals surface area (Å²) in [6, 6.07) is 0.500. The number of hydrogen-bond acceptors (Lipinski definition) is 2. The summed E-state index contributed by atoms with van der Waals surface area (Å²) in [6.45, 7) is 2.27. The molecular weight excluding hydrogens is 220 g/mol. The number of allylic oxidation sites excluding steroid dienone is 1. The van der Waals surface area contributed by atoms with Crippen molar-refractivity contribution in [1.82, 2.24) is 5.43 Å². The molecule has 0 aliphatic heterocycles. The zero-order chi connectivity index (χ0) is 13.1. The van der Waals surface area contributed by atoms with Crippen molar-refractivity contribution in [2.75, 3.05) is 0 Å². The normalized spacial score (nSPS) is 17.6. The van der Waals surface area contributed by atoms with E-state index in [1.54, 1.807) is 5.57 Å². The Labute approximate surface area is 113 Å². The van der Waals surface area contributed by atoms with E-state index < -0.39 is 0 Å². The molecule has 0 aromatic heterocycles. The average molecular weight is 252 g/mol. The molecule has 0 spiro atoms. The van der Waals surface area contributed by atoms with Crippen LogP contribution in [-0.2, 0) is 0 Å². The summed E-state index contributed by atoms with van der Waals surface area (Å²) in [6.07, 6.45) is 18.4. The Balaban J connectivity index is 2.07. The lowest BCUT2D eigenvalue weighted by Crippen LogP contribution is -2.35. The fraction of sp³-hybridized carbons (Fsp3) is 0.875. The second-order valence-corrected chi connectivity index (χ2v) is 5.73. The van der Waals surface area contributed by atoms with Crippen molar-refractivity contribution in [3.8, 4) is 0 Å². The smallest absolute Gasteiger partial charge is 0.0247 e. The van der Waals surface area contributed by atoms with Crippen LogP contribution < -0.4 is 11.3 Å². The van der Waals surface area contributed by atoms with Gasteiger partial charge >= 0.3 is 0 Å². The highest BCUT2D eigenvalue weighted by molar-refractivity contribution is 5.06. The van der Waals surface area contributed by atoms with Gasteiger partial charge in [0.25, 0.3) is 0 Å². The van der Waals surface area contributed by atoms with Crippen LogP contribution in [0.2, 0.25) is 0 Å². The minimum atomic E-state index is 0.500. The second kappa shape index (κ2) is 10.6. The van der Waals surface area contributed by atoms with Crippen LogP contribution >= 0.6 is 0 Å². The molecular formula is C16H32N2. The van der Waals surface area contributed by atoms with Gasteiger partial charge in [0, 0.05) is 6.04 Å². The van der Waals surface area contributed by atoms with Gasteiger partial charge in [0.05, 0.1) is 0 Å². The number of hydrogen-bond donors (Lipinski definition) is 2. The van der Waals surface area contributed by atoms with Crippen molar-refractivity contribution in [2.45, 2.75) is 90.0 Å². The first-order valence-corrected chi connectivity index (χ1v) is 8.00. The Kier molecular flexibility index (Phi) is 9.23. The van der Waals surface area contributed by atoms with E-state index in [0.29, 0.717) is 6.04 Å². The summed E-state index contributed by atoms with van der Waals surface area (Å²) < 4.78 is 0. The molecule has 1 unspecified atom stereocenters. The predicted octanol–water partition coefficient (Wildman–Crippen LogP) is 4.46. The van der Waals surface area contributed by atoms with E-state index in [4.69, 9.17) is 5.84 Å². The molecule has 0 bridgehead atoms. The highest BCUT2D eigenvalue weighted by Gasteiger charge is 2.11. The molecule has 0 amide bonds. The van der Waals surface area contributed by atoms with Crippen LogP contribution in [0.3, 0.4) is 0 Å². The van der Waals surface area contributed by atoms with Gasteiger partial charge in [-0.2, -0.15) is 0 Å². The molecule has 0 aromatic rings. The number of nitrogens with one attached hydrogen (secondary N) is 1. The van der Waals surface area contributed by atoms with Gasteiger partial charge in [-0.05, 0) is 38.5 Å². The molecule has 1 atom stereocenters. The SMILES string of the molecule is CCCCCCCCC(CC1=CCCCC1)NN. The van der Waals surface area contributed by atoms with Gasteiger partial charge in [-0.15, -0.1) is 0 Å². The van der Waals surface area contributed by atoms with Crippen LogP contribution in [-0.4, -0.2) is 6.04 Å². The Hall–Kier alpha value is -0.340. The van der Waals surface area contributed by atoms with Gasteiger partial charge in [-0.1, -0.05) is 57.1 Å². The Bertz CT molecular complexity index is 223. The van der Waals surface area contributed by atoms with E-state index in [1.165, 1.54) is 77.0 Å². The minimum Gasteiger partial charge on any atom is -0.271 e. The number of rotatable bonds is 10. The molecule has 18 heavy (non-hydrogen) atoms. The lowest BCUT2D eigenvalue weighted by molar-refractivity contribution is 0.450. The van der Waals surface area contributed by atoms with E-state index in [0.717, 1.165) is 0 Å². The van der Waals surface area contributed by atoms with Gasteiger partial charge in [-0.25, -0.2) is 0 Å². The molecule has 1 aliphatic carbocycles. The molecule has 2 heteroatoms. The van der Waals surface area contributed by atoms with Gasteiger partial charge in [-0.3, -0.25) is 11.3 Å². The molecule has 0 fully saturated rings. The molecule has 1 rings (SSSR count). The number of unbranched alkanes of at least 4 members (excludes halogenated alkanes) is 5. The third-order valence-electron chi connectivity index (χ3n) is 4.04. The minimum absolute atomic E-state index is 0.500. The van der Waals surface area contributed by atoms with Crippen molar-refractivity contribution >= 4 is 0 Å². The Morgan fingerprint density at radius 3 is 2.61 bits per heavy atom. The fourth-order valence-corrected chi connectivity index (χ4v) is 2.82. The maximum atomic E-state index is 5.68. The van der Waals surface area contributed by atoms with E-state index >= 15 is 0 Å². The summed E-state index contributed by atoms with van der Waals surface area (Å²) in [4.78, 5) is 0. The fourth-order valence-electron chi connectivity index (χ4n) is 2.82. The van der Waals surface area contributed by atoms with Crippen LogP contribution in [0.1, 0.15) is 84.0 Å². The lowest BCUT2D eigenvalue weighted by atomic mass is 9.92. The van der Waals surface area contributed by atoms with Crippen molar-refractivity contribution in [2.24, 2.45) is 5.84 Å². The van der Waals surface area contributed by atoms with Crippen molar-refractivity contribution in [3.63, 3.8) is 0 Å². The zero-order valence-electron chi connectivity index (χ0n) is 12.2. The first-order valence-electron chi connectivity index (χ1n) is 8.00. The third kappa shape index (κ3) is 7.17. The van der Waals surface area contributed by atoms with Crippen LogP contribution in [0.4, 0.5) is 0 Å². The van der Waals surface area contributed by atoms with Crippen LogP contribution in [0.15, 0.2) is 11.6 Å². The van der Waals surface area contributed by atoms with Gasteiger partial charge in [0.2, 0.25) is 0 Å². The first kappa shape index (κ1) is 15.7. The maximum Gasteiger partial charge on any atom is 0.0247 e. The molecule has 0 heterocycles. The summed E-state index contributed by atoms with van der Waals surface area (Å²) in [5.74, 6) is 5.68. The van der Waals surface area contributed by atoms with E-state index in [2.05, 4.69) is 18.4 Å². The second-order valence-electron chi connectivity index (χ2n) is 5.73. The molecule has 1 aliphatic rings. The van der Waals surface area contributed by atoms with Gasteiger partial charge in [0.15, 0.2) is 0 Å². The first-order chi connectivity index (χ1) is 8.86. The summed E-state index contributed by atoms with van der Waals surface area (Å²) in [5, 5.41) is 0. The van der Waals surface area contributed by atoms with Gasteiger partial charge < -0.3 is 0 Å². The summed E-state index contributed by atoms with van der Waals surface area (Å²) >= 11 is 0. The molecule has 106 valence electrons. The van der Waals surface area contributed by atoms with E-state index in [-0.39, 0.29) is 0 Å². The molecule has 0 saturated heterocycles. The number of hydrazine groups is 1. The molecule has 0 aromatic carbocycles. The molecule has 3 N–H and O–H groups in total. The largest absolute Gasteiger partial charge is 0.271 e. The van der Waals surface area contributed by atoms with Crippen LogP contribution in [0.25, 0.3) is 0 Å². The Morgan fingerprint density at radius 2 is 1.94 bits per heavy atom. The lowest BCUT2D eigenvalue weighted by Gasteiger charge is -2.20. The average Bonchev–Trinajstić information content (AvgIpc) is 2.42. The predicted molar refractivity (Wildman–Crippen MR) is 80.3 cm³/mol. The van der Waals surface area contributed by atoms with Crippen molar-refractivity contribution < 1.29 is 0 Å². The zero-order valence-corrected chi connectivity index (χ0v) is 12.2. The standard InChI is InChI=1S/C16H32N2/c1-2-3-4-5-6-10-13-16(18-17)14-15-11-8-7-9-12-15/h11,16,18H,2-10,12-14,17H2,1H3. The maximum absolute atomic E-state index is 5.68. The highest BCUT2D eigenvalue weighted by Crippen LogP contribution is 2.22. The Morgan fingerprint density at radius 1 is 1.17 bits per heavy atom. The monoisotopic (exact) mass is 252 g/mol. The van der Waals surface area contributed by atoms with Crippen molar-refractivity contribution in [1.29, 1.82) is 0 Å².